The lowest BCUT2D eigenvalue weighted by atomic mass is 10.0. The zero-order valence-electron chi connectivity index (χ0n) is 19.7. The Balaban J connectivity index is 1.44. The van der Waals surface area contributed by atoms with Crippen LogP contribution in [-0.2, 0) is 17.6 Å². The zero-order valence-corrected chi connectivity index (χ0v) is 19.7. The van der Waals surface area contributed by atoms with Gasteiger partial charge >= 0.3 is 0 Å². The molecule has 0 bridgehead atoms. The Kier molecular flexibility index (Phi) is 7.52. The van der Waals surface area contributed by atoms with E-state index in [0.717, 1.165) is 80.1 Å². The van der Waals surface area contributed by atoms with E-state index >= 15 is 0 Å². The second-order valence-electron chi connectivity index (χ2n) is 8.39. The highest BCUT2D eigenvalue weighted by Crippen LogP contribution is 2.29. The number of nitrogens with one attached hydrogen (secondary N) is 1. The summed E-state index contributed by atoms with van der Waals surface area (Å²) >= 11 is 0. The van der Waals surface area contributed by atoms with Crippen molar-refractivity contribution in [3.05, 3.63) is 59.3 Å². The van der Waals surface area contributed by atoms with Crippen LogP contribution in [0.4, 0.5) is 0 Å². The Labute approximate surface area is 195 Å². The first-order valence-electron chi connectivity index (χ1n) is 11.4. The number of hydrogen-bond donors (Lipinski definition) is 1. The molecule has 1 aliphatic rings. The molecule has 1 aromatic heterocycles. The Bertz CT molecular complexity index is 1090. The van der Waals surface area contributed by atoms with Crippen molar-refractivity contribution in [2.24, 2.45) is 0 Å². The van der Waals surface area contributed by atoms with Crippen molar-refractivity contribution in [2.75, 3.05) is 60.7 Å². The number of methoxy groups -OCH3 is 3. The molecule has 1 fully saturated rings. The van der Waals surface area contributed by atoms with Gasteiger partial charge in [0, 0.05) is 62.5 Å². The summed E-state index contributed by atoms with van der Waals surface area (Å²) in [5.41, 5.74) is 4.19. The number of ether oxygens (including phenoxy) is 3. The van der Waals surface area contributed by atoms with E-state index in [-0.39, 0.29) is 5.91 Å². The maximum absolute atomic E-state index is 13.2. The minimum atomic E-state index is 0.107. The molecule has 176 valence electrons. The Hall–Kier alpha value is -3.03. The fourth-order valence-corrected chi connectivity index (χ4v) is 4.41. The van der Waals surface area contributed by atoms with Crippen LogP contribution in [0.2, 0.25) is 0 Å². The first kappa shape index (κ1) is 23.1. The van der Waals surface area contributed by atoms with Crippen LogP contribution in [-0.4, -0.2) is 81.4 Å². The third kappa shape index (κ3) is 5.31. The maximum atomic E-state index is 13.2. The lowest BCUT2D eigenvalue weighted by Gasteiger charge is -2.34. The predicted octanol–water partition coefficient (Wildman–Crippen LogP) is 3.37. The van der Waals surface area contributed by atoms with Crippen LogP contribution in [0.5, 0.6) is 11.5 Å². The normalized spacial score (nSPS) is 14.6. The van der Waals surface area contributed by atoms with Crippen LogP contribution >= 0.6 is 0 Å². The molecule has 33 heavy (non-hydrogen) atoms. The van der Waals surface area contributed by atoms with E-state index in [9.17, 15) is 4.79 Å². The Morgan fingerprint density at radius 3 is 2.45 bits per heavy atom. The van der Waals surface area contributed by atoms with Crippen molar-refractivity contribution in [2.45, 2.75) is 12.8 Å². The van der Waals surface area contributed by atoms with Gasteiger partial charge in [0.25, 0.3) is 5.91 Å². The van der Waals surface area contributed by atoms with Gasteiger partial charge in [0.05, 0.1) is 20.8 Å². The molecule has 4 rings (SSSR count). The van der Waals surface area contributed by atoms with Gasteiger partial charge in [-0.3, -0.25) is 9.69 Å². The fourth-order valence-electron chi connectivity index (χ4n) is 4.41. The van der Waals surface area contributed by atoms with E-state index in [0.29, 0.717) is 0 Å². The summed E-state index contributed by atoms with van der Waals surface area (Å²) in [6.07, 6.45) is 3.79. The van der Waals surface area contributed by atoms with Gasteiger partial charge in [-0.05, 0) is 54.3 Å². The van der Waals surface area contributed by atoms with Crippen molar-refractivity contribution < 1.29 is 19.0 Å². The molecule has 2 aromatic carbocycles. The molecular formula is C26H33N3O4. The largest absolute Gasteiger partial charge is 0.493 e. The average Bonchev–Trinajstić information content (AvgIpc) is 3.28. The van der Waals surface area contributed by atoms with Gasteiger partial charge in [0.2, 0.25) is 0 Å². The molecular weight excluding hydrogens is 418 g/mol. The second kappa shape index (κ2) is 10.7. The number of benzene rings is 2. The quantitative estimate of drug-likeness (QED) is 0.540. The van der Waals surface area contributed by atoms with Gasteiger partial charge in [-0.2, -0.15) is 0 Å². The van der Waals surface area contributed by atoms with E-state index < -0.39 is 0 Å². The van der Waals surface area contributed by atoms with Crippen molar-refractivity contribution in [3.63, 3.8) is 0 Å². The number of nitrogens with zero attached hydrogens (tertiary/aromatic N) is 2. The molecule has 0 atom stereocenters. The van der Waals surface area contributed by atoms with E-state index in [2.05, 4.69) is 16.0 Å². The SMILES string of the molecule is COCCN1CCN(C(=O)c2ccc3[nH]cc(CCc4ccc(OC)c(OC)c4)c3c2)CC1. The van der Waals surface area contributed by atoms with Gasteiger partial charge in [-0.25, -0.2) is 0 Å². The topological polar surface area (TPSA) is 67.0 Å². The minimum absolute atomic E-state index is 0.107. The summed E-state index contributed by atoms with van der Waals surface area (Å²) in [7, 11) is 5.02. The lowest BCUT2D eigenvalue weighted by Crippen LogP contribution is -2.49. The van der Waals surface area contributed by atoms with Crippen LogP contribution in [0, 0.1) is 0 Å². The number of aromatic nitrogens is 1. The van der Waals surface area contributed by atoms with E-state index in [4.69, 9.17) is 14.2 Å². The Morgan fingerprint density at radius 2 is 1.73 bits per heavy atom. The first-order valence-corrected chi connectivity index (χ1v) is 11.4. The maximum Gasteiger partial charge on any atom is 0.253 e. The number of piperazine rings is 1. The van der Waals surface area contributed by atoms with Crippen LogP contribution in [0.3, 0.4) is 0 Å². The number of carbonyl (C=O) groups excluding carboxylic acids is 1. The number of aryl methyl sites for hydroxylation is 2. The molecule has 1 N–H and O–H groups in total. The Morgan fingerprint density at radius 1 is 0.939 bits per heavy atom. The summed E-state index contributed by atoms with van der Waals surface area (Å²) in [6.45, 7) is 4.91. The molecule has 7 heteroatoms. The predicted molar refractivity (Wildman–Crippen MR) is 129 cm³/mol. The van der Waals surface area contributed by atoms with Crippen LogP contribution in [0.25, 0.3) is 10.9 Å². The minimum Gasteiger partial charge on any atom is -0.493 e. The standard InChI is InChI=1S/C26H33N3O4/c1-31-15-14-28-10-12-29(13-11-28)26(30)20-7-8-23-22(17-20)21(18-27-23)6-4-19-5-9-24(32-2)25(16-19)33-3/h5,7-9,16-18,27H,4,6,10-15H2,1-3H3. The lowest BCUT2D eigenvalue weighted by molar-refractivity contribution is 0.0594. The van der Waals surface area contributed by atoms with E-state index in [1.54, 1.807) is 21.3 Å². The van der Waals surface area contributed by atoms with Crippen LogP contribution in [0.15, 0.2) is 42.6 Å². The van der Waals surface area contributed by atoms with Gasteiger partial charge in [-0.1, -0.05) is 6.07 Å². The number of aromatic amines is 1. The summed E-state index contributed by atoms with van der Waals surface area (Å²) in [6, 6.07) is 12.0. The number of rotatable bonds is 9. The van der Waals surface area contributed by atoms with Crippen molar-refractivity contribution in [1.82, 2.24) is 14.8 Å². The monoisotopic (exact) mass is 451 g/mol. The molecule has 1 aliphatic heterocycles. The molecule has 3 aromatic rings. The smallest absolute Gasteiger partial charge is 0.253 e. The average molecular weight is 452 g/mol. The third-order valence-corrected chi connectivity index (χ3v) is 6.42. The highest BCUT2D eigenvalue weighted by Gasteiger charge is 2.22. The number of H-pyrrole nitrogens is 1. The number of carbonyl (C=O) groups is 1. The second-order valence-corrected chi connectivity index (χ2v) is 8.39. The number of hydrogen-bond acceptors (Lipinski definition) is 5. The summed E-state index contributed by atoms with van der Waals surface area (Å²) in [5.74, 6) is 1.58. The molecule has 0 aliphatic carbocycles. The number of fused-ring (bicyclic) bond motifs is 1. The molecule has 0 spiro atoms. The third-order valence-electron chi connectivity index (χ3n) is 6.42. The fraction of sp³-hybridized carbons (Fsp3) is 0.423. The van der Waals surface area contributed by atoms with Crippen molar-refractivity contribution in [1.29, 1.82) is 0 Å². The summed E-state index contributed by atoms with van der Waals surface area (Å²) in [5, 5.41) is 1.11. The van der Waals surface area contributed by atoms with Gasteiger partial charge < -0.3 is 24.1 Å². The zero-order chi connectivity index (χ0) is 23.2. The van der Waals surface area contributed by atoms with Crippen molar-refractivity contribution >= 4 is 16.8 Å². The van der Waals surface area contributed by atoms with Crippen molar-refractivity contribution in [3.8, 4) is 11.5 Å². The van der Waals surface area contributed by atoms with Gasteiger partial charge in [0.15, 0.2) is 11.5 Å². The molecule has 0 saturated carbocycles. The molecule has 0 unspecified atom stereocenters. The number of amides is 1. The van der Waals surface area contributed by atoms with Gasteiger partial charge in [-0.15, -0.1) is 0 Å². The van der Waals surface area contributed by atoms with E-state index in [1.165, 1.54) is 11.1 Å². The van der Waals surface area contributed by atoms with Gasteiger partial charge in [0.1, 0.15) is 0 Å². The highest BCUT2D eigenvalue weighted by molar-refractivity contribution is 5.98. The van der Waals surface area contributed by atoms with E-state index in [1.807, 2.05) is 41.4 Å². The molecule has 2 heterocycles. The summed E-state index contributed by atoms with van der Waals surface area (Å²) in [4.78, 5) is 20.8. The first-order chi connectivity index (χ1) is 16.1. The van der Waals surface area contributed by atoms with Crippen LogP contribution < -0.4 is 9.47 Å². The molecule has 1 amide bonds. The molecule has 7 nitrogen and oxygen atoms in total. The van der Waals surface area contributed by atoms with Crippen LogP contribution in [0.1, 0.15) is 21.5 Å². The summed E-state index contributed by atoms with van der Waals surface area (Å²) < 4.78 is 15.9. The highest BCUT2D eigenvalue weighted by atomic mass is 16.5. The molecule has 1 saturated heterocycles. The molecule has 0 radical (unpaired) electrons.